The van der Waals surface area contributed by atoms with E-state index in [-0.39, 0.29) is 66.8 Å². The van der Waals surface area contributed by atoms with Gasteiger partial charge in [0.2, 0.25) is 0 Å². The second kappa shape index (κ2) is 27.7. The molecule has 3 N–H and O–H groups in total. The van der Waals surface area contributed by atoms with Crippen molar-refractivity contribution < 1.29 is 65.2 Å². The van der Waals surface area contributed by atoms with Crippen LogP contribution in [0.3, 0.4) is 0 Å². The van der Waals surface area contributed by atoms with Crippen LogP contribution in [0.1, 0.15) is 72.2 Å². The number of halogens is 6. The molecule has 2 fully saturated rings. The molecule has 18 nitrogen and oxygen atoms in total. The first-order valence-electron chi connectivity index (χ1n) is 27.7. The van der Waals surface area contributed by atoms with Gasteiger partial charge in [0.25, 0.3) is 0 Å². The molecule has 0 aliphatic carbocycles. The number of carbonyl (C=O) groups excluding carboxylic acids is 4. The van der Waals surface area contributed by atoms with Crippen LogP contribution in [0.5, 0.6) is 0 Å². The summed E-state index contributed by atoms with van der Waals surface area (Å²) in [7, 11) is 0. The Kier molecular flexibility index (Phi) is 20.5. The second-order valence-electron chi connectivity index (χ2n) is 20.8. The number of hydrogen-bond donors (Lipinski definition) is 1. The normalized spacial score (nSPS) is 19.0. The molecule has 2 unspecified atom stereocenters. The molecular weight excluding hydrogens is 1100 g/mol. The van der Waals surface area contributed by atoms with Gasteiger partial charge in [-0.25, -0.2) is 19.2 Å². The Bertz CT molecular complexity index is 2940. The lowest BCUT2D eigenvalue weighted by atomic mass is 9.92. The van der Waals surface area contributed by atoms with E-state index in [9.17, 15) is 61.2 Å². The molecule has 4 amide bonds. The van der Waals surface area contributed by atoms with Crippen LogP contribution in [-0.2, 0) is 31.4 Å². The Morgan fingerprint density at radius 3 is 1.25 bits per heavy atom. The number of aliphatic hydroxyl groups is 1. The van der Waals surface area contributed by atoms with Gasteiger partial charge in [-0.15, -0.1) is 0 Å². The molecule has 4 aromatic rings. The van der Waals surface area contributed by atoms with Gasteiger partial charge in [-0.2, -0.15) is 36.9 Å². The highest BCUT2D eigenvalue weighted by atomic mass is 19.4. The molecule has 24 heteroatoms. The number of esters is 2. The Morgan fingerprint density at radius 1 is 0.560 bits per heavy atom. The molecule has 0 spiro atoms. The van der Waals surface area contributed by atoms with Gasteiger partial charge in [0.1, 0.15) is 6.61 Å². The summed E-state index contributed by atoms with van der Waals surface area (Å²) in [5, 5.41) is 36.2. The maximum Gasteiger partial charge on any atom is 0.416 e. The van der Waals surface area contributed by atoms with Crippen LogP contribution >= 0.6 is 0 Å². The SMILES string of the molecule is CC1=C(C(=O)OCCO)C(c2ccc(C#N)cc2)N(CCCN2CCN(CCN3CCN(CCCN4C(=O)N(c5cccc(C(F)(F)F)c5)C(C)=C(C(=O)OCC[OH2+])C4c4ccc(C#N)cc4)CC3)CC2)C(=O)N1c1cccc(C(F)(F)F)c1. The third-order valence-electron chi connectivity index (χ3n) is 15.6. The summed E-state index contributed by atoms with van der Waals surface area (Å²) in [4.78, 5) is 71.5. The van der Waals surface area contributed by atoms with Gasteiger partial charge >= 0.3 is 36.4 Å². The molecular formula is C60H67F6N10O8+. The molecule has 84 heavy (non-hydrogen) atoms. The number of nitrogens with zero attached hydrogens (tertiary/aromatic N) is 10. The third-order valence-corrected chi connectivity index (χ3v) is 15.6. The molecule has 0 radical (unpaired) electrons. The first-order valence-corrected chi connectivity index (χ1v) is 27.7. The van der Waals surface area contributed by atoms with Crippen LogP contribution < -0.4 is 9.80 Å². The number of benzene rings is 4. The maximum absolute atomic E-state index is 14.7. The van der Waals surface area contributed by atoms with Crippen LogP contribution in [0.2, 0.25) is 0 Å². The summed E-state index contributed by atoms with van der Waals surface area (Å²) in [6.07, 6.45) is -8.52. The second-order valence-corrected chi connectivity index (χ2v) is 20.8. The number of allylic oxidation sites excluding steroid dienone is 2. The van der Waals surface area contributed by atoms with Crippen molar-refractivity contribution in [3.05, 3.63) is 153 Å². The summed E-state index contributed by atoms with van der Waals surface area (Å²) < 4.78 is 94.7. The van der Waals surface area contributed by atoms with Crippen molar-refractivity contribution in [2.24, 2.45) is 0 Å². The summed E-state index contributed by atoms with van der Waals surface area (Å²) in [5.41, 5.74) is -0.291. The number of rotatable bonds is 21. The number of hydrogen-bond acceptors (Lipinski definition) is 13. The van der Waals surface area contributed by atoms with Crippen molar-refractivity contribution in [2.45, 2.75) is 51.1 Å². The molecule has 0 saturated carbocycles. The molecule has 2 saturated heterocycles. The smallest absolute Gasteiger partial charge is 0.416 e. The zero-order chi connectivity index (χ0) is 60.3. The Morgan fingerprint density at radius 2 is 0.917 bits per heavy atom. The number of ether oxygens (including phenoxy) is 2. The van der Waals surface area contributed by atoms with E-state index in [1.54, 1.807) is 48.5 Å². The van der Waals surface area contributed by atoms with Gasteiger partial charge in [-0.1, -0.05) is 36.4 Å². The van der Waals surface area contributed by atoms with Crippen molar-refractivity contribution in [1.29, 1.82) is 10.5 Å². The lowest BCUT2D eigenvalue weighted by molar-refractivity contribution is -0.141. The molecule has 8 rings (SSSR count). The largest absolute Gasteiger partial charge is 0.460 e. The fourth-order valence-electron chi connectivity index (χ4n) is 11.2. The summed E-state index contributed by atoms with van der Waals surface area (Å²) in [6.45, 7) is 10.7. The number of piperazine rings is 2. The number of amides is 4. The van der Waals surface area contributed by atoms with Crippen LogP contribution in [0, 0.1) is 22.7 Å². The predicted molar refractivity (Wildman–Crippen MR) is 298 cm³/mol. The Labute approximate surface area is 483 Å². The standard InChI is InChI=1S/C60H66F6N10O8/c1-41-51(55(79)83-35-33-77)53(45-15-11-43(39-67)12-16-45)73(57(81)75(41)49-9-3-7-47(37-49)59(61,62)63)21-5-19-69-23-27-71(28-24-69)31-32-72-29-25-70(26-30-72)20-6-22-74-54(46-17-13-44(40-68)14-18-46)52(56(80)84-36-34-78)42(2)76(58(74)82)50-10-4-8-48(38-50)60(64,65)66/h3-4,7-18,37-38,53-54,77-78H,5-6,19-36H2,1-2H3/p+1. The van der Waals surface area contributed by atoms with E-state index in [4.69, 9.17) is 14.6 Å². The zero-order valence-corrected chi connectivity index (χ0v) is 46.7. The van der Waals surface area contributed by atoms with E-state index in [1.807, 2.05) is 0 Å². The number of nitriles is 2. The quantitative estimate of drug-likeness (QED) is 0.0489. The summed E-state index contributed by atoms with van der Waals surface area (Å²) >= 11 is 0. The molecule has 4 aromatic carbocycles. The molecule has 0 bridgehead atoms. The van der Waals surface area contributed by atoms with Crippen LogP contribution in [0.25, 0.3) is 0 Å². The molecule has 446 valence electrons. The van der Waals surface area contributed by atoms with Gasteiger partial charge in [-0.05, 0) is 112 Å². The van der Waals surface area contributed by atoms with Gasteiger partial charge in [-0.3, -0.25) is 19.6 Å². The van der Waals surface area contributed by atoms with Crippen molar-refractivity contribution in [3.63, 3.8) is 0 Å². The van der Waals surface area contributed by atoms with Crippen molar-refractivity contribution in [3.8, 4) is 12.1 Å². The van der Waals surface area contributed by atoms with Crippen molar-refractivity contribution in [2.75, 3.05) is 128 Å². The topological polar surface area (TPSA) is 203 Å². The van der Waals surface area contributed by atoms with Gasteiger partial charge in [0, 0.05) is 89.9 Å². The minimum atomic E-state index is -4.71. The third kappa shape index (κ3) is 14.6. The number of carbonyl (C=O) groups is 4. The highest BCUT2D eigenvalue weighted by Crippen LogP contribution is 2.44. The minimum absolute atomic E-state index is 0.000629. The number of alkyl halides is 6. The minimum Gasteiger partial charge on any atom is -0.460 e. The van der Waals surface area contributed by atoms with E-state index in [0.717, 1.165) is 99.5 Å². The van der Waals surface area contributed by atoms with Gasteiger partial charge in [0.15, 0.2) is 13.2 Å². The van der Waals surface area contributed by atoms with E-state index in [2.05, 4.69) is 31.7 Å². The fraction of sp³-hybridized carbons (Fsp3) is 0.433. The Hall–Kier alpha value is -7.84. The van der Waals surface area contributed by atoms with Crippen LogP contribution in [0.15, 0.2) is 120 Å². The van der Waals surface area contributed by atoms with E-state index in [1.165, 1.54) is 47.9 Å². The fourth-order valence-corrected chi connectivity index (χ4v) is 11.2. The summed E-state index contributed by atoms with van der Waals surface area (Å²) in [6, 6.07) is 22.2. The Balaban J connectivity index is 0.865. The predicted octanol–water partition coefficient (Wildman–Crippen LogP) is 7.50. The van der Waals surface area contributed by atoms with Crippen molar-refractivity contribution >= 4 is 35.4 Å². The number of urea groups is 2. The average Bonchev–Trinajstić information content (AvgIpc) is 3.59. The highest BCUT2D eigenvalue weighted by molar-refractivity contribution is 6.04. The van der Waals surface area contributed by atoms with E-state index < -0.39 is 66.2 Å². The first kappa shape index (κ1) is 62.2. The number of aliphatic hydroxyl groups excluding tert-OH is 1. The average molecular weight is 1170 g/mol. The van der Waals surface area contributed by atoms with Crippen LogP contribution in [-0.4, -0.2) is 182 Å². The lowest BCUT2D eigenvalue weighted by Crippen LogP contribution is -2.53. The monoisotopic (exact) mass is 1170 g/mol. The molecule has 2 atom stereocenters. The van der Waals surface area contributed by atoms with E-state index >= 15 is 0 Å². The highest BCUT2D eigenvalue weighted by Gasteiger charge is 2.46. The first-order chi connectivity index (χ1) is 40.3. The molecule has 4 aliphatic rings. The lowest BCUT2D eigenvalue weighted by Gasteiger charge is -2.43. The molecule has 4 heterocycles. The maximum atomic E-state index is 14.7. The van der Waals surface area contributed by atoms with Gasteiger partial charge in [0.05, 0.1) is 75.6 Å². The molecule has 4 aliphatic heterocycles. The van der Waals surface area contributed by atoms with Crippen molar-refractivity contribution in [1.82, 2.24) is 29.4 Å². The molecule has 0 aromatic heterocycles. The number of anilines is 2. The summed E-state index contributed by atoms with van der Waals surface area (Å²) in [5.74, 6) is -1.67. The zero-order valence-electron chi connectivity index (χ0n) is 46.7. The van der Waals surface area contributed by atoms with Gasteiger partial charge < -0.3 is 39.3 Å². The van der Waals surface area contributed by atoms with E-state index in [0.29, 0.717) is 48.2 Å². The van der Waals surface area contributed by atoms with Crippen LogP contribution in [0.4, 0.5) is 47.3 Å².